The first kappa shape index (κ1) is 24.0. The van der Waals surface area contributed by atoms with Crippen LogP contribution in [0.15, 0.2) is 48.5 Å². The smallest absolute Gasteiger partial charge is 0.407 e. The highest BCUT2D eigenvalue weighted by Crippen LogP contribution is 2.19. The van der Waals surface area contributed by atoms with E-state index in [9.17, 15) is 19.1 Å². The zero-order chi connectivity index (χ0) is 24.1. The zero-order valence-corrected chi connectivity index (χ0v) is 19.6. The third-order valence-electron chi connectivity index (χ3n) is 6.78. The molecule has 2 aromatic rings. The molecule has 2 amide bonds. The number of nitrogens with zero attached hydrogens (tertiary/aromatic N) is 3. The highest BCUT2D eigenvalue weighted by Gasteiger charge is 2.27. The Morgan fingerprint density at radius 1 is 1.03 bits per heavy atom. The molecule has 2 saturated heterocycles. The summed E-state index contributed by atoms with van der Waals surface area (Å²) in [6.45, 7) is 6.08. The SMILES string of the molecule is C[C@@H]1CN(Cc2ccc(CC(=O)N3CCC(Nc4cccc(F)c4)CC3)cc2)CCN1C(=O)O. The van der Waals surface area contributed by atoms with Crippen LogP contribution in [-0.4, -0.2) is 76.6 Å². The molecule has 0 aliphatic carbocycles. The Hall–Kier alpha value is -3.13. The van der Waals surface area contributed by atoms with Gasteiger partial charge in [-0.05, 0) is 49.1 Å². The topological polar surface area (TPSA) is 76.1 Å². The molecule has 0 bridgehead atoms. The summed E-state index contributed by atoms with van der Waals surface area (Å²) < 4.78 is 13.4. The van der Waals surface area contributed by atoms with Gasteiger partial charge in [0.05, 0.1) is 6.42 Å². The molecule has 2 aromatic carbocycles. The van der Waals surface area contributed by atoms with Crippen molar-refractivity contribution >= 4 is 17.7 Å². The van der Waals surface area contributed by atoms with Crippen molar-refractivity contribution in [3.63, 3.8) is 0 Å². The number of carboxylic acid groups (broad SMARTS) is 1. The Kier molecular flexibility index (Phi) is 7.67. The Balaban J connectivity index is 1.21. The van der Waals surface area contributed by atoms with Gasteiger partial charge < -0.3 is 20.2 Å². The Morgan fingerprint density at radius 2 is 1.74 bits per heavy atom. The average Bonchev–Trinajstić information content (AvgIpc) is 2.81. The molecule has 2 N–H and O–H groups in total. The molecule has 4 rings (SSSR count). The lowest BCUT2D eigenvalue weighted by Gasteiger charge is -2.38. The number of rotatable bonds is 6. The first-order valence-electron chi connectivity index (χ1n) is 12.0. The van der Waals surface area contributed by atoms with Gasteiger partial charge >= 0.3 is 6.09 Å². The lowest BCUT2D eigenvalue weighted by atomic mass is 10.0. The molecule has 2 aliphatic heterocycles. The number of piperidine rings is 1. The number of hydrogen-bond acceptors (Lipinski definition) is 4. The lowest BCUT2D eigenvalue weighted by Crippen LogP contribution is -2.53. The van der Waals surface area contributed by atoms with Gasteiger partial charge in [0.15, 0.2) is 0 Å². The van der Waals surface area contributed by atoms with Gasteiger partial charge in [0.1, 0.15) is 5.82 Å². The standard InChI is InChI=1S/C26H33FN4O3/c1-19-17-29(13-14-31(19)26(33)34)18-21-7-5-20(6-8-21)15-25(32)30-11-9-23(10-12-30)28-24-4-2-3-22(27)16-24/h2-8,16,19,23,28H,9-15,17-18H2,1H3,(H,33,34)/t19-/m1/s1. The Bertz CT molecular complexity index is 992. The summed E-state index contributed by atoms with van der Waals surface area (Å²) in [5, 5.41) is 12.6. The summed E-state index contributed by atoms with van der Waals surface area (Å²) in [7, 11) is 0. The second-order valence-corrected chi connectivity index (χ2v) is 9.36. The minimum Gasteiger partial charge on any atom is -0.465 e. The highest BCUT2D eigenvalue weighted by atomic mass is 19.1. The number of nitrogens with one attached hydrogen (secondary N) is 1. The molecular formula is C26H33FN4O3. The number of anilines is 1. The largest absolute Gasteiger partial charge is 0.465 e. The molecule has 2 heterocycles. The van der Waals surface area contributed by atoms with E-state index in [2.05, 4.69) is 22.3 Å². The van der Waals surface area contributed by atoms with Crippen molar-refractivity contribution in [2.24, 2.45) is 0 Å². The monoisotopic (exact) mass is 468 g/mol. The van der Waals surface area contributed by atoms with Gasteiger partial charge in [0, 0.05) is 57.0 Å². The van der Waals surface area contributed by atoms with E-state index in [4.69, 9.17) is 0 Å². The fourth-order valence-electron chi connectivity index (χ4n) is 4.86. The predicted molar refractivity (Wildman–Crippen MR) is 129 cm³/mol. The van der Waals surface area contributed by atoms with Crippen LogP contribution in [0.5, 0.6) is 0 Å². The normalized spacial score (nSPS) is 19.8. The molecule has 2 aliphatic rings. The van der Waals surface area contributed by atoms with Gasteiger partial charge in [-0.15, -0.1) is 0 Å². The summed E-state index contributed by atoms with van der Waals surface area (Å²) in [4.78, 5) is 29.7. The van der Waals surface area contributed by atoms with E-state index < -0.39 is 6.09 Å². The molecule has 0 saturated carbocycles. The van der Waals surface area contributed by atoms with Crippen LogP contribution in [0.3, 0.4) is 0 Å². The summed E-state index contributed by atoms with van der Waals surface area (Å²) in [5.74, 6) is -0.116. The fraction of sp³-hybridized carbons (Fsp3) is 0.462. The van der Waals surface area contributed by atoms with Crippen LogP contribution in [0.2, 0.25) is 0 Å². The summed E-state index contributed by atoms with van der Waals surface area (Å²) in [6.07, 6.45) is 1.22. The molecule has 0 radical (unpaired) electrons. The van der Waals surface area contributed by atoms with Crippen LogP contribution in [0.1, 0.15) is 30.9 Å². The number of hydrogen-bond donors (Lipinski definition) is 2. The second-order valence-electron chi connectivity index (χ2n) is 9.36. The molecule has 0 unspecified atom stereocenters. The van der Waals surface area contributed by atoms with Crippen molar-refractivity contribution < 1.29 is 19.1 Å². The summed E-state index contributed by atoms with van der Waals surface area (Å²) in [5.41, 5.74) is 2.94. The van der Waals surface area contributed by atoms with E-state index in [0.29, 0.717) is 26.1 Å². The van der Waals surface area contributed by atoms with Crippen molar-refractivity contribution in [1.82, 2.24) is 14.7 Å². The van der Waals surface area contributed by atoms with Gasteiger partial charge in [-0.25, -0.2) is 9.18 Å². The van der Waals surface area contributed by atoms with E-state index in [1.54, 1.807) is 6.07 Å². The van der Waals surface area contributed by atoms with Crippen molar-refractivity contribution in [3.05, 3.63) is 65.5 Å². The van der Waals surface area contributed by atoms with E-state index in [1.807, 2.05) is 30.0 Å². The van der Waals surface area contributed by atoms with Crippen LogP contribution in [0.25, 0.3) is 0 Å². The van der Waals surface area contributed by atoms with Crippen LogP contribution in [0.4, 0.5) is 14.9 Å². The van der Waals surface area contributed by atoms with E-state index in [0.717, 1.165) is 49.3 Å². The minimum atomic E-state index is -0.853. The first-order valence-corrected chi connectivity index (χ1v) is 12.0. The van der Waals surface area contributed by atoms with Crippen LogP contribution >= 0.6 is 0 Å². The molecule has 0 spiro atoms. The molecular weight excluding hydrogens is 435 g/mol. The van der Waals surface area contributed by atoms with Crippen molar-refractivity contribution in [2.75, 3.05) is 38.0 Å². The number of benzene rings is 2. The molecule has 2 fully saturated rings. The third kappa shape index (κ3) is 6.26. The molecule has 182 valence electrons. The Labute approximate surface area is 200 Å². The van der Waals surface area contributed by atoms with Crippen molar-refractivity contribution in [1.29, 1.82) is 0 Å². The number of carbonyl (C=O) groups excluding carboxylic acids is 1. The van der Waals surface area contributed by atoms with Crippen LogP contribution < -0.4 is 5.32 Å². The van der Waals surface area contributed by atoms with E-state index in [-0.39, 0.29) is 23.8 Å². The van der Waals surface area contributed by atoms with E-state index >= 15 is 0 Å². The molecule has 7 nitrogen and oxygen atoms in total. The lowest BCUT2D eigenvalue weighted by molar-refractivity contribution is -0.131. The zero-order valence-electron chi connectivity index (χ0n) is 19.6. The van der Waals surface area contributed by atoms with Crippen LogP contribution in [-0.2, 0) is 17.8 Å². The van der Waals surface area contributed by atoms with E-state index in [1.165, 1.54) is 17.0 Å². The number of halogens is 1. The van der Waals surface area contributed by atoms with Gasteiger partial charge in [0.25, 0.3) is 0 Å². The summed E-state index contributed by atoms with van der Waals surface area (Å²) in [6, 6.07) is 14.9. The minimum absolute atomic E-state index is 0.0173. The molecule has 8 heteroatoms. The van der Waals surface area contributed by atoms with Gasteiger partial charge in [-0.2, -0.15) is 0 Å². The number of likely N-dealkylation sites (tertiary alicyclic amines) is 1. The van der Waals surface area contributed by atoms with Crippen LogP contribution in [0, 0.1) is 5.82 Å². The average molecular weight is 469 g/mol. The second kappa shape index (κ2) is 10.9. The molecule has 34 heavy (non-hydrogen) atoms. The number of piperazine rings is 1. The highest BCUT2D eigenvalue weighted by molar-refractivity contribution is 5.79. The first-order chi connectivity index (χ1) is 16.4. The van der Waals surface area contributed by atoms with Crippen molar-refractivity contribution in [3.8, 4) is 0 Å². The third-order valence-corrected chi connectivity index (χ3v) is 6.78. The summed E-state index contributed by atoms with van der Waals surface area (Å²) >= 11 is 0. The fourth-order valence-corrected chi connectivity index (χ4v) is 4.86. The predicted octanol–water partition coefficient (Wildman–Crippen LogP) is 3.66. The van der Waals surface area contributed by atoms with Crippen molar-refractivity contribution in [2.45, 2.75) is 44.8 Å². The Morgan fingerprint density at radius 3 is 2.38 bits per heavy atom. The maximum Gasteiger partial charge on any atom is 0.407 e. The quantitative estimate of drug-likeness (QED) is 0.677. The number of amides is 2. The molecule has 0 aromatic heterocycles. The van der Waals surface area contributed by atoms with Gasteiger partial charge in [-0.3, -0.25) is 9.69 Å². The number of carbonyl (C=O) groups is 2. The maximum absolute atomic E-state index is 13.4. The van der Waals surface area contributed by atoms with Gasteiger partial charge in [0.2, 0.25) is 5.91 Å². The molecule has 1 atom stereocenters. The van der Waals surface area contributed by atoms with Gasteiger partial charge in [-0.1, -0.05) is 30.3 Å². The maximum atomic E-state index is 13.4.